The summed E-state index contributed by atoms with van der Waals surface area (Å²) in [6, 6.07) is 9.44. The highest BCUT2D eigenvalue weighted by Crippen LogP contribution is 2.21. The summed E-state index contributed by atoms with van der Waals surface area (Å²) in [4.78, 5) is 21.1. The fourth-order valence-electron chi connectivity index (χ4n) is 2.80. The first-order valence-electron chi connectivity index (χ1n) is 7.24. The van der Waals surface area contributed by atoms with Crippen molar-refractivity contribution in [1.29, 1.82) is 0 Å². The third kappa shape index (κ3) is 2.77. The third-order valence-electron chi connectivity index (χ3n) is 3.89. The van der Waals surface area contributed by atoms with Gasteiger partial charge in [-0.3, -0.25) is 4.79 Å². The molecule has 0 atom stereocenters. The molecule has 3 nitrogen and oxygen atoms in total. The van der Waals surface area contributed by atoms with Crippen molar-refractivity contribution in [2.24, 2.45) is 0 Å². The Morgan fingerprint density at radius 2 is 1.80 bits per heavy atom. The van der Waals surface area contributed by atoms with Gasteiger partial charge in [0.05, 0.1) is 12.1 Å². The summed E-state index contributed by atoms with van der Waals surface area (Å²) in [6.07, 6.45) is 7.62. The molecule has 1 heterocycles. The fourth-order valence-corrected chi connectivity index (χ4v) is 2.80. The van der Waals surface area contributed by atoms with Crippen molar-refractivity contribution in [2.45, 2.75) is 38.5 Å². The molecule has 2 aromatic rings. The van der Waals surface area contributed by atoms with Gasteiger partial charge < -0.3 is 0 Å². The molecule has 0 saturated carbocycles. The maximum atomic E-state index is 12.3. The van der Waals surface area contributed by atoms with Gasteiger partial charge in [-0.25, -0.2) is 9.97 Å². The van der Waals surface area contributed by atoms with E-state index >= 15 is 0 Å². The number of fused-ring (bicyclic) bond motifs is 1. The highest BCUT2D eigenvalue weighted by atomic mass is 16.1. The summed E-state index contributed by atoms with van der Waals surface area (Å²) in [7, 11) is 0. The maximum absolute atomic E-state index is 12.3. The summed E-state index contributed by atoms with van der Waals surface area (Å²) in [6.45, 7) is 0. The predicted octanol–water partition coefficient (Wildman–Crippen LogP) is 3.17. The number of rotatable bonds is 3. The summed E-state index contributed by atoms with van der Waals surface area (Å²) in [5.74, 6) is 0.135. The van der Waals surface area contributed by atoms with Gasteiger partial charge in [0.15, 0.2) is 5.78 Å². The molecule has 1 aromatic heterocycles. The predicted molar refractivity (Wildman–Crippen MR) is 77.8 cm³/mol. The molecule has 0 amide bonds. The Balaban J connectivity index is 1.86. The van der Waals surface area contributed by atoms with Crippen LogP contribution < -0.4 is 0 Å². The zero-order chi connectivity index (χ0) is 13.8. The van der Waals surface area contributed by atoms with Crippen molar-refractivity contribution in [3.8, 4) is 0 Å². The number of carbonyl (C=O) groups excluding carboxylic acids is 1. The van der Waals surface area contributed by atoms with Gasteiger partial charge in [-0.15, -0.1) is 0 Å². The molecule has 3 heteroatoms. The second kappa shape index (κ2) is 5.95. The van der Waals surface area contributed by atoms with Crippen LogP contribution in [0.15, 0.2) is 36.7 Å². The molecule has 20 heavy (non-hydrogen) atoms. The van der Waals surface area contributed by atoms with E-state index in [9.17, 15) is 4.79 Å². The highest BCUT2D eigenvalue weighted by Gasteiger charge is 2.17. The molecule has 3 rings (SSSR count). The minimum absolute atomic E-state index is 0.135. The Kier molecular flexibility index (Phi) is 3.86. The Bertz CT molecular complexity index is 608. The van der Waals surface area contributed by atoms with Crippen LogP contribution in [-0.4, -0.2) is 15.8 Å². The molecule has 1 aliphatic rings. The molecule has 0 radical (unpaired) electrons. The first-order chi connectivity index (χ1) is 9.84. The lowest BCUT2D eigenvalue weighted by atomic mass is 10.00. The molecular formula is C17H18N2O. The van der Waals surface area contributed by atoms with Gasteiger partial charge in [0, 0.05) is 11.3 Å². The summed E-state index contributed by atoms with van der Waals surface area (Å²) < 4.78 is 0. The lowest BCUT2D eigenvalue weighted by Crippen LogP contribution is -2.10. The van der Waals surface area contributed by atoms with Crippen LogP contribution in [0.5, 0.6) is 0 Å². The SMILES string of the molecule is O=C(Cc1ncnc2c1CCCCC2)c1ccccc1. The molecule has 0 aliphatic heterocycles. The van der Waals surface area contributed by atoms with Crippen molar-refractivity contribution in [2.75, 3.05) is 0 Å². The Hall–Kier alpha value is -2.03. The van der Waals surface area contributed by atoms with Gasteiger partial charge in [0.2, 0.25) is 0 Å². The second-order valence-corrected chi connectivity index (χ2v) is 5.27. The molecule has 0 saturated heterocycles. The van der Waals surface area contributed by atoms with E-state index < -0.39 is 0 Å². The van der Waals surface area contributed by atoms with E-state index in [0.29, 0.717) is 6.42 Å². The third-order valence-corrected chi connectivity index (χ3v) is 3.89. The van der Waals surface area contributed by atoms with Crippen molar-refractivity contribution >= 4 is 5.78 Å². The standard InChI is InChI=1S/C17H18N2O/c20-17(13-7-3-1-4-8-13)11-16-14-9-5-2-6-10-15(14)18-12-19-16/h1,3-4,7-8,12H,2,5-6,9-11H2. The maximum Gasteiger partial charge on any atom is 0.168 e. The largest absolute Gasteiger partial charge is 0.294 e. The van der Waals surface area contributed by atoms with Gasteiger partial charge in [-0.2, -0.15) is 0 Å². The number of ketones is 1. The van der Waals surface area contributed by atoms with Crippen LogP contribution in [0, 0.1) is 0 Å². The van der Waals surface area contributed by atoms with Crippen LogP contribution in [0.25, 0.3) is 0 Å². The van der Waals surface area contributed by atoms with E-state index in [1.54, 1.807) is 6.33 Å². The minimum Gasteiger partial charge on any atom is -0.294 e. The van der Waals surface area contributed by atoms with E-state index in [-0.39, 0.29) is 5.78 Å². The van der Waals surface area contributed by atoms with Crippen LogP contribution in [0.2, 0.25) is 0 Å². The Morgan fingerprint density at radius 1 is 1.00 bits per heavy atom. The highest BCUT2D eigenvalue weighted by molar-refractivity contribution is 5.97. The van der Waals surface area contributed by atoms with Crippen LogP contribution in [-0.2, 0) is 19.3 Å². The Labute approximate surface area is 119 Å². The molecule has 1 aromatic carbocycles. The lowest BCUT2D eigenvalue weighted by Gasteiger charge is -2.09. The topological polar surface area (TPSA) is 42.9 Å². The van der Waals surface area contributed by atoms with Crippen LogP contribution in [0.3, 0.4) is 0 Å². The minimum atomic E-state index is 0.135. The average molecular weight is 266 g/mol. The molecular weight excluding hydrogens is 248 g/mol. The van der Waals surface area contributed by atoms with Crippen LogP contribution in [0.1, 0.15) is 46.6 Å². The second-order valence-electron chi connectivity index (χ2n) is 5.27. The number of carbonyl (C=O) groups is 1. The average Bonchev–Trinajstić information content (AvgIpc) is 2.74. The number of benzene rings is 1. The molecule has 1 aliphatic carbocycles. The van der Waals surface area contributed by atoms with Crippen molar-refractivity contribution in [1.82, 2.24) is 9.97 Å². The Morgan fingerprint density at radius 3 is 2.65 bits per heavy atom. The molecule has 0 N–H and O–H groups in total. The normalized spacial score (nSPS) is 14.4. The summed E-state index contributed by atoms with van der Waals surface area (Å²) in [5, 5.41) is 0. The monoisotopic (exact) mass is 266 g/mol. The van der Waals surface area contributed by atoms with Gasteiger partial charge in [0.1, 0.15) is 6.33 Å². The van der Waals surface area contributed by atoms with Gasteiger partial charge in [-0.05, 0) is 31.2 Å². The number of aromatic nitrogens is 2. The quantitative estimate of drug-likeness (QED) is 0.633. The van der Waals surface area contributed by atoms with Crippen molar-refractivity contribution in [3.63, 3.8) is 0 Å². The van der Waals surface area contributed by atoms with Crippen molar-refractivity contribution < 1.29 is 4.79 Å². The zero-order valence-electron chi connectivity index (χ0n) is 11.5. The van der Waals surface area contributed by atoms with Crippen molar-refractivity contribution in [3.05, 3.63) is 59.2 Å². The van der Waals surface area contributed by atoms with E-state index in [2.05, 4.69) is 9.97 Å². The number of nitrogens with zero attached hydrogens (tertiary/aromatic N) is 2. The van der Waals surface area contributed by atoms with Crippen LogP contribution >= 0.6 is 0 Å². The van der Waals surface area contributed by atoms with E-state index in [1.807, 2.05) is 30.3 Å². The molecule has 0 bridgehead atoms. The number of hydrogen-bond donors (Lipinski definition) is 0. The number of Topliss-reactive ketones (excluding diaryl/α,β-unsaturated/α-hetero) is 1. The van der Waals surface area contributed by atoms with Gasteiger partial charge in [-0.1, -0.05) is 36.8 Å². The van der Waals surface area contributed by atoms with Crippen LogP contribution in [0.4, 0.5) is 0 Å². The smallest absolute Gasteiger partial charge is 0.168 e. The van der Waals surface area contributed by atoms with E-state index in [4.69, 9.17) is 0 Å². The lowest BCUT2D eigenvalue weighted by molar-refractivity contribution is 0.0991. The van der Waals surface area contributed by atoms with E-state index in [1.165, 1.54) is 24.8 Å². The van der Waals surface area contributed by atoms with Gasteiger partial charge >= 0.3 is 0 Å². The molecule has 102 valence electrons. The van der Waals surface area contributed by atoms with E-state index in [0.717, 1.165) is 29.8 Å². The molecule has 0 unspecified atom stereocenters. The molecule has 0 fully saturated rings. The first-order valence-corrected chi connectivity index (χ1v) is 7.24. The number of aryl methyl sites for hydroxylation is 1. The molecule has 0 spiro atoms. The summed E-state index contributed by atoms with van der Waals surface area (Å²) >= 11 is 0. The zero-order valence-corrected chi connectivity index (χ0v) is 11.5. The number of hydrogen-bond acceptors (Lipinski definition) is 3. The van der Waals surface area contributed by atoms with Gasteiger partial charge in [0.25, 0.3) is 0 Å². The summed E-state index contributed by atoms with van der Waals surface area (Å²) in [5.41, 5.74) is 4.04. The fraction of sp³-hybridized carbons (Fsp3) is 0.353. The first kappa shape index (κ1) is 13.0.